The van der Waals surface area contributed by atoms with Crippen LogP contribution in [-0.4, -0.2) is 37.0 Å². The van der Waals surface area contributed by atoms with Gasteiger partial charge in [0.1, 0.15) is 0 Å². The van der Waals surface area contributed by atoms with Crippen LogP contribution < -0.4 is 5.32 Å². The van der Waals surface area contributed by atoms with E-state index in [0.29, 0.717) is 6.42 Å². The van der Waals surface area contributed by atoms with E-state index in [4.69, 9.17) is 0 Å². The van der Waals surface area contributed by atoms with Crippen LogP contribution in [-0.2, 0) is 17.4 Å². The molecule has 2 unspecified atom stereocenters. The Kier molecular flexibility index (Phi) is 5.68. The van der Waals surface area contributed by atoms with Gasteiger partial charge < -0.3 is 10.2 Å². The number of amides is 1. The van der Waals surface area contributed by atoms with E-state index < -0.39 is 11.7 Å². The number of nitrogens with zero attached hydrogens (tertiary/aromatic N) is 1. The first kappa shape index (κ1) is 17.8. The van der Waals surface area contributed by atoms with E-state index in [-0.39, 0.29) is 17.9 Å². The van der Waals surface area contributed by atoms with E-state index in [0.717, 1.165) is 43.6 Å². The second-order valence-electron chi connectivity index (χ2n) is 6.19. The van der Waals surface area contributed by atoms with Crippen molar-refractivity contribution in [2.45, 2.75) is 38.4 Å². The van der Waals surface area contributed by atoms with Crippen LogP contribution in [0.5, 0.6) is 0 Å². The number of likely N-dealkylation sites (tertiary alicyclic amines) is 1. The van der Waals surface area contributed by atoms with Gasteiger partial charge in [0.15, 0.2) is 0 Å². The predicted molar refractivity (Wildman–Crippen MR) is 83.0 cm³/mol. The molecule has 1 N–H and O–H groups in total. The molecule has 1 saturated heterocycles. The molecule has 0 spiro atoms. The summed E-state index contributed by atoms with van der Waals surface area (Å²) in [5.74, 6) is -0.146. The van der Waals surface area contributed by atoms with E-state index in [1.165, 1.54) is 12.1 Å². The average molecular weight is 328 g/mol. The largest absolute Gasteiger partial charge is 0.416 e. The number of benzene rings is 1. The van der Waals surface area contributed by atoms with Crippen LogP contribution in [0.15, 0.2) is 24.3 Å². The van der Waals surface area contributed by atoms with Gasteiger partial charge in [0.05, 0.1) is 5.56 Å². The third kappa shape index (κ3) is 4.47. The second-order valence-corrected chi connectivity index (χ2v) is 6.19. The number of likely N-dealkylation sites (N-methyl/N-ethyl adjacent to an activating group) is 1. The van der Waals surface area contributed by atoms with Gasteiger partial charge in [-0.1, -0.05) is 19.1 Å². The summed E-state index contributed by atoms with van der Waals surface area (Å²) in [6.07, 6.45) is -1.86. The Bertz CT molecular complexity index is 528. The first-order valence-electron chi connectivity index (χ1n) is 7.94. The standard InChI is InChI=1S/C17H23F3N2O/c1-12(16(23)22-9-3-4-15(22)11-21-2)10-13-5-7-14(8-6-13)17(18,19)20/h5-8,12,15,21H,3-4,9-11H2,1-2H3. The summed E-state index contributed by atoms with van der Waals surface area (Å²) in [7, 11) is 1.87. The molecule has 0 saturated carbocycles. The fourth-order valence-corrected chi connectivity index (χ4v) is 3.13. The molecular formula is C17H23F3N2O. The van der Waals surface area contributed by atoms with Crippen LogP contribution in [0.2, 0.25) is 0 Å². The lowest BCUT2D eigenvalue weighted by Crippen LogP contribution is -2.43. The van der Waals surface area contributed by atoms with Crippen molar-refractivity contribution in [3.05, 3.63) is 35.4 Å². The molecule has 3 nitrogen and oxygen atoms in total. The van der Waals surface area contributed by atoms with E-state index >= 15 is 0 Å². The van der Waals surface area contributed by atoms with E-state index in [1.54, 1.807) is 0 Å². The van der Waals surface area contributed by atoms with Crippen molar-refractivity contribution in [2.75, 3.05) is 20.1 Å². The summed E-state index contributed by atoms with van der Waals surface area (Å²) in [4.78, 5) is 14.5. The molecule has 1 aromatic carbocycles. The quantitative estimate of drug-likeness (QED) is 0.901. The maximum absolute atomic E-state index is 12.6. The Hall–Kier alpha value is -1.56. The van der Waals surface area contributed by atoms with Crippen LogP contribution in [0.4, 0.5) is 13.2 Å². The molecule has 1 fully saturated rings. The summed E-state index contributed by atoms with van der Waals surface area (Å²) in [5.41, 5.74) is 0.0945. The zero-order valence-corrected chi connectivity index (χ0v) is 13.5. The molecule has 0 radical (unpaired) electrons. The first-order valence-corrected chi connectivity index (χ1v) is 7.94. The summed E-state index contributed by atoms with van der Waals surface area (Å²) < 4.78 is 37.7. The maximum Gasteiger partial charge on any atom is 0.416 e. The predicted octanol–water partition coefficient (Wildman–Crippen LogP) is 3.09. The minimum absolute atomic E-state index is 0.0858. The minimum atomic E-state index is -4.32. The Morgan fingerprint density at radius 2 is 2.00 bits per heavy atom. The average Bonchev–Trinajstić information content (AvgIpc) is 2.94. The number of hydrogen-bond donors (Lipinski definition) is 1. The third-order valence-corrected chi connectivity index (χ3v) is 4.34. The zero-order chi connectivity index (χ0) is 17.0. The highest BCUT2D eigenvalue weighted by Crippen LogP contribution is 2.29. The molecule has 0 bridgehead atoms. The lowest BCUT2D eigenvalue weighted by Gasteiger charge is -2.27. The summed E-state index contributed by atoms with van der Waals surface area (Å²) in [6, 6.07) is 5.30. The molecule has 1 heterocycles. The Labute approximate surface area is 134 Å². The fourth-order valence-electron chi connectivity index (χ4n) is 3.13. The highest BCUT2D eigenvalue weighted by Gasteiger charge is 2.32. The van der Waals surface area contributed by atoms with Crippen molar-refractivity contribution in [1.29, 1.82) is 0 Å². The highest BCUT2D eigenvalue weighted by molar-refractivity contribution is 5.79. The SMILES string of the molecule is CNCC1CCCN1C(=O)C(C)Cc1ccc(C(F)(F)F)cc1. The molecule has 1 amide bonds. The Balaban J connectivity index is 1.98. The van der Waals surface area contributed by atoms with E-state index in [1.807, 2.05) is 18.9 Å². The minimum Gasteiger partial charge on any atom is -0.338 e. The molecule has 2 rings (SSSR count). The van der Waals surface area contributed by atoms with E-state index in [9.17, 15) is 18.0 Å². The van der Waals surface area contributed by atoms with Crippen molar-refractivity contribution in [2.24, 2.45) is 5.92 Å². The van der Waals surface area contributed by atoms with Gasteiger partial charge in [0.25, 0.3) is 0 Å². The molecule has 1 aliphatic rings. The van der Waals surface area contributed by atoms with Gasteiger partial charge >= 0.3 is 6.18 Å². The van der Waals surface area contributed by atoms with Crippen molar-refractivity contribution >= 4 is 5.91 Å². The number of hydrogen-bond acceptors (Lipinski definition) is 2. The highest BCUT2D eigenvalue weighted by atomic mass is 19.4. The number of alkyl halides is 3. The first-order chi connectivity index (χ1) is 10.8. The smallest absolute Gasteiger partial charge is 0.338 e. The molecule has 1 aromatic rings. The molecule has 0 aromatic heterocycles. The van der Waals surface area contributed by atoms with Crippen molar-refractivity contribution in [1.82, 2.24) is 10.2 Å². The van der Waals surface area contributed by atoms with Gasteiger partial charge in [-0.05, 0) is 44.0 Å². The van der Waals surface area contributed by atoms with Gasteiger partial charge in [-0.2, -0.15) is 13.2 Å². The number of nitrogens with one attached hydrogen (secondary N) is 1. The molecule has 6 heteroatoms. The van der Waals surface area contributed by atoms with Crippen LogP contribution in [0.3, 0.4) is 0 Å². The Morgan fingerprint density at radius 3 is 2.57 bits per heavy atom. The van der Waals surface area contributed by atoms with Gasteiger partial charge in [-0.3, -0.25) is 4.79 Å². The number of carbonyl (C=O) groups excluding carboxylic acids is 1. The number of carbonyl (C=O) groups is 1. The van der Waals surface area contributed by atoms with Crippen molar-refractivity contribution in [3.8, 4) is 0 Å². The monoisotopic (exact) mass is 328 g/mol. The lowest BCUT2D eigenvalue weighted by atomic mass is 9.98. The number of halogens is 3. The Morgan fingerprint density at radius 1 is 1.35 bits per heavy atom. The normalized spacial score (nSPS) is 19.9. The second kappa shape index (κ2) is 7.34. The summed E-state index contributed by atoms with van der Waals surface area (Å²) in [6.45, 7) is 3.38. The molecular weight excluding hydrogens is 305 g/mol. The van der Waals surface area contributed by atoms with Crippen LogP contribution in [0, 0.1) is 5.92 Å². The molecule has 128 valence electrons. The van der Waals surface area contributed by atoms with Gasteiger partial charge in [0, 0.05) is 25.0 Å². The third-order valence-electron chi connectivity index (χ3n) is 4.34. The van der Waals surface area contributed by atoms with Crippen molar-refractivity contribution in [3.63, 3.8) is 0 Å². The fraction of sp³-hybridized carbons (Fsp3) is 0.588. The van der Waals surface area contributed by atoms with Crippen LogP contribution >= 0.6 is 0 Å². The topological polar surface area (TPSA) is 32.3 Å². The number of rotatable bonds is 5. The molecule has 2 atom stereocenters. The summed E-state index contributed by atoms with van der Waals surface area (Å²) in [5, 5.41) is 3.10. The zero-order valence-electron chi connectivity index (χ0n) is 13.5. The van der Waals surface area contributed by atoms with E-state index in [2.05, 4.69) is 5.32 Å². The summed E-state index contributed by atoms with van der Waals surface area (Å²) >= 11 is 0. The van der Waals surface area contributed by atoms with Gasteiger partial charge in [-0.15, -0.1) is 0 Å². The molecule has 23 heavy (non-hydrogen) atoms. The van der Waals surface area contributed by atoms with Crippen molar-refractivity contribution < 1.29 is 18.0 Å². The van der Waals surface area contributed by atoms with Crippen LogP contribution in [0.25, 0.3) is 0 Å². The maximum atomic E-state index is 12.6. The lowest BCUT2D eigenvalue weighted by molar-refractivity contribution is -0.138. The molecule has 1 aliphatic heterocycles. The molecule has 0 aliphatic carbocycles. The van der Waals surface area contributed by atoms with Gasteiger partial charge in [-0.25, -0.2) is 0 Å². The van der Waals surface area contributed by atoms with Gasteiger partial charge in [0.2, 0.25) is 5.91 Å². The van der Waals surface area contributed by atoms with Crippen LogP contribution in [0.1, 0.15) is 30.9 Å².